The van der Waals surface area contributed by atoms with E-state index >= 15 is 0 Å². The van der Waals surface area contributed by atoms with Gasteiger partial charge in [-0.05, 0) is 78.4 Å². The van der Waals surface area contributed by atoms with E-state index in [1.165, 1.54) is 0 Å². The molecule has 0 saturated carbocycles. The van der Waals surface area contributed by atoms with Gasteiger partial charge in [-0.25, -0.2) is 0 Å². The van der Waals surface area contributed by atoms with E-state index in [0.717, 1.165) is 11.3 Å². The van der Waals surface area contributed by atoms with Crippen molar-refractivity contribution in [3.8, 4) is 11.5 Å². The molecule has 0 aliphatic carbocycles. The summed E-state index contributed by atoms with van der Waals surface area (Å²) in [6, 6.07) is 21.6. The zero-order valence-electron chi connectivity index (χ0n) is 15.4. The first-order valence-electron chi connectivity index (χ1n) is 8.47. The van der Waals surface area contributed by atoms with Crippen molar-refractivity contribution in [1.29, 1.82) is 10.8 Å². The Balaban J connectivity index is 0.00000300. The Labute approximate surface area is 174 Å². The summed E-state index contributed by atoms with van der Waals surface area (Å²) in [5.41, 5.74) is 16.8. The lowest BCUT2D eigenvalue weighted by atomic mass is 10.2. The second kappa shape index (κ2) is 9.91. The van der Waals surface area contributed by atoms with Gasteiger partial charge >= 0.3 is 0 Å². The summed E-state index contributed by atoms with van der Waals surface area (Å²) < 4.78 is 5.77. The summed E-state index contributed by atoms with van der Waals surface area (Å²) in [4.78, 5) is 0. The molecule has 3 rings (SSSR count). The zero-order valence-corrected chi connectivity index (χ0v) is 16.2. The van der Waals surface area contributed by atoms with Crippen molar-refractivity contribution in [2.75, 3.05) is 5.43 Å². The first-order valence-corrected chi connectivity index (χ1v) is 8.47. The predicted octanol–water partition coefficient (Wildman–Crippen LogP) is 3.91. The molecule has 0 aliphatic heterocycles. The van der Waals surface area contributed by atoms with Crippen molar-refractivity contribution in [3.63, 3.8) is 0 Å². The fourth-order valence-corrected chi connectivity index (χ4v) is 2.37. The molecule has 3 aromatic carbocycles. The monoisotopic (exact) mass is 408 g/mol. The van der Waals surface area contributed by atoms with Crippen LogP contribution in [0.2, 0.25) is 0 Å². The fourth-order valence-electron chi connectivity index (χ4n) is 2.37. The number of nitrogens with one attached hydrogen (secondary N) is 3. The van der Waals surface area contributed by atoms with Crippen molar-refractivity contribution < 1.29 is 4.74 Å². The van der Waals surface area contributed by atoms with Crippen molar-refractivity contribution in [1.82, 2.24) is 0 Å². The van der Waals surface area contributed by atoms with E-state index in [2.05, 4.69) is 10.5 Å². The van der Waals surface area contributed by atoms with E-state index in [1.54, 1.807) is 42.6 Å². The van der Waals surface area contributed by atoms with E-state index in [-0.39, 0.29) is 24.1 Å². The Morgan fingerprint density at radius 2 is 1.21 bits per heavy atom. The summed E-state index contributed by atoms with van der Waals surface area (Å²) in [6.45, 7) is 0. The van der Waals surface area contributed by atoms with Crippen LogP contribution in [0.25, 0.3) is 0 Å². The molecular weight excluding hydrogens is 388 g/mol. The Kier molecular flexibility index (Phi) is 7.33. The van der Waals surface area contributed by atoms with E-state index in [1.807, 2.05) is 36.4 Å². The van der Waals surface area contributed by atoms with Gasteiger partial charge < -0.3 is 16.2 Å². The quantitative estimate of drug-likeness (QED) is 0.230. The van der Waals surface area contributed by atoms with E-state index in [0.29, 0.717) is 22.6 Å². The average molecular weight is 409 g/mol. The van der Waals surface area contributed by atoms with Crippen LogP contribution in [-0.4, -0.2) is 17.9 Å². The number of nitrogen functional groups attached to an aromatic ring is 2. The highest BCUT2D eigenvalue weighted by Crippen LogP contribution is 2.21. The normalized spacial score (nSPS) is 10.2. The summed E-state index contributed by atoms with van der Waals surface area (Å²) in [5.74, 6) is 1.42. The number of ether oxygens (including phenoxy) is 1. The van der Waals surface area contributed by atoms with Gasteiger partial charge in [0.05, 0.1) is 11.9 Å². The zero-order chi connectivity index (χ0) is 19.9. The van der Waals surface area contributed by atoms with Gasteiger partial charge in [-0.1, -0.05) is 0 Å². The smallest absolute Gasteiger partial charge is 0.127 e. The predicted molar refractivity (Wildman–Crippen MR) is 120 cm³/mol. The standard InChI is InChI=1S/C21H20N6O.ClH/c22-20(23)15-3-7-17(8-4-15)27-26-13-14-1-9-18(10-2-14)28-19-11-5-16(6-12-19)21(24)25;/h1-13,27H,(H3,22,23)(H3,24,25);1H. The third kappa shape index (κ3) is 6.08. The van der Waals surface area contributed by atoms with Gasteiger partial charge in [0.1, 0.15) is 23.2 Å². The minimum Gasteiger partial charge on any atom is -0.457 e. The maximum absolute atomic E-state index is 7.39. The maximum Gasteiger partial charge on any atom is 0.127 e. The molecule has 0 spiro atoms. The van der Waals surface area contributed by atoms with Crippen molar-refractivity contribution in [3.05, 3.63) is 89.5 Å². The van der Waals surface area contributed by atoms with Gasteiger partial charge in [0.15, 0.2) is 0 Å². The number of amidine groups is 2. The topological polar surface area (TPSA) is 133 Å². The van der Waals surface area contributed by atoms with Crippen LogP contribution in [0.1, 0.15) is 16.7 Å². The summed E-state index contributed by atoms with van der Waals surface area (Å²) in [5, 5.41) is 19.0. The Hall–Kier alpha value is -3.84. The van der Waals surface area contributed by atoms with Crippen molar-refractivity contribution in [2.24, 2.45) is 16.6 Å². The van der Waals surface area contributed by atoms with Gasteiger partial charge in [-0.15, -0.1) is 12.4 Å². The van der Waals surface area contributed by atoms with Crippen molar-refractivity contribution in [2.45, 2.75) is 0 Å². The number of hydrogen-bond acceptors (Lipinski definition) is 5. The Bertz CT molecular complexity index is 999. The van der Waals surface area contributed by atoms with Crippen LogP contribution in [-0.2, 0) is 0 Å². The number of hydrazone groups is 1. The molecule has 148 valence electrons. The number of rotatable bonds is 7. The SMILES string of the molecule is Cl.N=C(N)c1ccc(NN=Cc2ccc(Oc3ccc(C(=N)N)cc3)cc2)cc1. The first kappa shape index (κ1) is 21.5. The molecule has 0 radical (unpaired) electrons. The number of hydrogen-bond donors (Lipinski definition) is 5. The van der Waals surface area contributed by atoms with E-state index in [4.69, 9.17) is 27.0 Å². The molecule has 0 unspecified atom stereocenters. The van der Waals surface area contributed by atoms with Gasteiger partial charge in [0, 0.05) is 11.1 Å². The van der Waals surface area contributed by atoms with E-state index in [9.17, 15) is 0 Å². The number of nitrogens with zero attached hydrogens (tertiary/aromatic N) is 1. The highest BCUT2D eigenvalue weighted by atomic mass is 35.5. The molecule has 7 N–H and O–H groups in total. The second-order valence-electron chi connectivity index (χ2n) is 5.97. The maximum atomic E-state index is 7.39. The first-order chi connectivity index (χ1) is 13.5. The van der Waals surface area contributed by atoms with Gasteiger partial charge in [0.25, 0.3) is 0 Å². The third-order valence-corrected chi connectivity index (χ3v) is 3.88. The fraction of sp³-hybridized carbons (Fsp3) is 0. The molecule has 0 bridgehead atoms. The molecule has 7 nitrogen and oxygen atoms in total. The largest absolute Gasteiger partial charge is 0.457 e. The molecule has 0 amide bonds. The van der Waals surface area contributed by atoms with Gasteiger partial charge in [-0.2, -0.15) is 5.10 Å². The minimum atomic E-state index is 0. The van der Waals surface area contributed by atoms with Crippen LogP contribution >= 0.6 is 12.4 Å². The second-order valence-corrected chi connectivity index (χ2v) is 5.97. The summed E-state index contributed by atoms with van der Waals surface area (Å²) in [7, 11) is 0. The lowest BCUT2D eigenvalue weighted by Gasteiger charge is -2.07. The van der Waals surface area contributed by atoms with Gasteiger partial charge in [0.2, 0.25) is 0 Å². The molecule has 3 aromatic rings. The molecular formula is C21H21ClN6O. The van der Waals surface area contributed by atoms with Crippen LogP contribution < -0.4 is 21.6 Å². The number of nitrogens with two attached hydrogens (primary N) is 2. The molecule has 0 fully saturated rings. The summed E-state index contributed by atoms with van der Waals surface area (Å²) in [6.07, 6.45) is 1.70. The molecule has 0 atom stereocenters. The summed E-state index contributed by atoms with van der Waals surface area (Å²) >= 11 is 0. The lowest BCUT2D eigenvalue weighted by Crippen LogP contribution is -2.10. The minimum absolute atomic E-state index is 0. The Morgan fingerprint density at radius 3 is 1.69 bits per heavy atom. The van der Waals surface area contributed by atoms with Crippen LogP contribution in [0, 0.1) is 10.8 Å². The number of benzene rings is 3. The molecule has 29 heavy (non-hydrogen) atoms. The highest BCUT2D eigenvalue weighted by Gasteiger charge is 2.00. The molecule has 0 saturated heterocycles. The van der Waals surface area contributed by atoms with Crippen LogP contribution in [0.3, 0.4) is 0 Å². The average Bonchev–Trinajstić information content (AvgIpc) is 2.70. The molecule has 8 heteroatoms. The van der Waals surface area contributed by atoms with Crippen molar-refractivity contribution >= 4 is 36.0 Å². The van der Waals surface area contributed by atoms with Gasteiger partial charge in [-0.3, -0.25) is 16.2 Å². The molecule has 0 aromatic heterocycles. The number of halogens is 1. The highest BCUT2D eigenvalue weighted by molar-refractivity contribution is 5.95. The van der Waals surface area contributed by atoms with Crippen LogP contribution in [0.4, 0.5) is 5.69 Å². The third-order valence-electron chi connectivity index (χ3n) is 3.88. The van der Waals surface area contributed by atoms with Crippen LogP contribution in [0.5, 0.6) is 11.5 Å². The van der Waals surface area contributed by atoms with Crippen LogP contribution in [0.15, 0.2) is 77.9 Å². The molecule has 0 aliphatic rings. The molecule has 0 heterocycles. The Morgan fingerprint density at radius 1 is 0.759 bits per heavy atom. The number of anilines is 1. The van der Waals surface area contributed by atoms with E-state index < -0.39 is 0 Å². The lowest BCUT2D eigenvalue weighted by molar-refractivity contribution is 0.482.